The number of carbonyl (C=O) groups excluding carboxylic acids is 2. The Morgan fingerprint density at radius 1 is 1.21 bits per heavy atom. The highest BCUT2D eigenvalue weighted by Gasteiger charge is 2.13. The SMILES string of the molecule is C=CC(=O)N(CCCCCC)CCC(=O)OC(C)C. The van der Waals surface area contributed by atoms with Crippen LogP contribution in [0.25, 0.3) is 0 Å². The van der Waals surface area contributed by atoms with Crippen LogP contribution in [0.2, 0.25) is 0 Å². The minimum atomic E-state index is -0.259. The molecule has 0 aliphatic rings. The molecule has 0 aliphatic carbocycles. The van der Waals surface area contributed by atoms with Gasteiger partial charge >= 0.3 is 5.97 Å². The molecule has 19 heavy (non-hydrogen) atoms. The molecular formula is C15H27NO3. The van der Waals surface area contributed by atoms with Gasteiger partial charge in [-0.2, -0.15) is 0 Å². The Labute approximate surface area is 116 Å². The molecule has 0 saturated heterocycles. The summed E-state index contributed by atoms with van der Waals surface area (Å²) >= 11 is 0. The first kappa shape index (κ1) is 17.7. The van der Waals surface area contributed by atoms with E-state index < -0.39 is 0 Å². The average Bonchev–Trinajstić information content (AvgIpc) is 2.36. The first-order valence-corrected chi connectivity index (χ1v) is 7.12. The van der Waals surface area contributed by atoms with Crippen molar-refractivity contribution in [2.45, 2.75) is 59.0 Å². The second-order valence-electron chi connectivity index (χ2n) is 4.88. The fourth-order valence-electron chi connectivity index (χ4n) is 1.74. The van der Waals surface area contributed by atoms with Gasteiger partial charge in [-0.05, 0) is 26.3 Å². The van der Waals surface area contributed by atoms with E-state index in [4.69, 9.17) is 4.74 Å². The topological polar surface area (TPSA) is 46.6 Å². The average molecular weight is 269 g/mol. The molecule has 0 saturated carbocycles. The van der Waals surface area contributed by atoms with Crippen molar-refractivity contribution in [1.29, 1.82) is 0 Å². The molecule has 0 fully saturated rings. The number of nitrogens with zero attached hydrogens (tertiary/aromatic N) is 1. The number of carbonyl (C=O) groups is 2. The Morgan fingerprint density at radius 2 is 1.89 bits per heavy atom. The van der Waals surface area contributed by atoms with Crippen LogP contribution in [0, 0.1) is 0 Å². The van der Waals surface area contributed by atoms with Crippen LogP contribution >= 0.6 is 0 Å². The van der Waals surface area contributed by atoms with Gasteiger partial charge in [-0.3, -0.25) is 9.59 Å². The lowest BCUT2D eigenvalue weighted by Crippen LogP contribution is -2.33. The standard InChI is InChI=1S/C15H27NO3/c1-5-7-8-9-11-16(14(17)6-2)12-10-15(18)19-13(3)4/h6,13H,2,5,7-12H2,1,3-4H3. The molecule has 0 N–H and O–H groups in total. The van der Waals surface area contributed by atoms with Crippen molar-refractivity contribution in [2.75, 3.05) is 13.1 Å². The van der Waals surface area contributed by atoms with Crippen LogP contribution < -0.4 is 0 Å². The van der Waals surface area contributed by atoms with Gasteiger partial charge in [0.15, 0.2) is 0 Å². The van der Waals surface area contributed by atoms with Gasteiger partial charge in [-0.25, -0.2) is 0 Å². The highest BCUT2D eigenvalue weighted by atomic mass is 16.5. The van der Waals surface area contributed by atoms with Crippen molar-refractivity contribution in [2.24, 2.45) is 0 Å². The number of ether oxygens (including phenoxy) is 1. The fraction of sp³-hybridized carbons (Fsp3) is 0.733. The second kappa shape index (κ2) is 10.6. The van der Waals surface area contributed by atoms with E-state index in [1.165, 1.54) is 12.5 Å². The normalized spacial score (nSPS) is 10.3. The summed E-state index contributed by atoms with van der Waals surface area (Å²) in [7, 11) is 0. The van der Waals surface area contributed by atoms with E-state index in [1.54, 1.807) is 4.90 Å². The van der Waals surface area contributed by atoms with Gasteiger partial charge in [0.1, 0.15) is 0 Å². The van der Waals surface area contributed by atoms with Crippen molar-refractivity contribution in [3.63, 3.8) is 0 Å². The van der Waals surface area contributed by atoms with Crippen molar-refractivity contribution in [1.82, 2.24) is 4.90 Å². The molecule has 0 rings (SSSR count). The Bertz CT molecular complexity index is 287. The first-order chi connectivity index (χ1) is 9.01. The summed E-state index contributed by atoms with van der Waals surface area (Å²) in [5.41, 5.74) is 0. The molecule has 4 nitrogen and oxygen atoms in total. The largest absolute Gasteiger partial charge is 0.463 e. The second-order valence-corrected chi connectivity index (χ2v) is 4.88. The van der Waals surface area contributed by atoms with Crippen molar-refractivity contribution < 1.29 is 14.3 Å². The third-order valence-electron chi connectivity index (χ3n) is 2.72. The quantitative estimate of drug-likeness (QED) is 0.348. The van der Waals surface area contributed by atoms with Crippen LogP contribution in [0.3, 0.4) is 0 Å². The van der Waals surface area contributed by atoms with E-state index in [2.05, 4.69) is 13.5 Å². The highest BCUT2D eigenvalue weighted by molar-refractivity contribution is 5.87. The predicted octanol–water partition coefficient (Wildman–Crippen LogP) is 2.92. The lowest BCUT2D eigenvalue weighted by atomic mass is 10.2. The first-order valence-electron chi connectivity index (χ1n) is 7.12. The fourth-order valence-corrected chi connectivity index (χ4v) is 1.74. The van der Waals surface area contributed by atoms with Crippen LogP contribution in [0.1, 0.15) is 52.9 Å². The van der Waals surface area contributed by atoms with Gasteiger partial charge < -0.3 is 9.64 Å². The van der Waals surface area contributed by atoms with E-state index in [0.29, 0.717) is 13.1 Å². The van der Waals surface area contributed by atoms with E-state index in [0.717, 1.165) is 19.3 Å². The molecule has 0 heterocycles. The summed E-state index contributed by atoms with van der Waals surface area (Å²) in [6.07, 6.45) is 5.84. The molecule has 0 radical (unpaired) electrons. The molecule has 0 aromatic carbocycles. The van der Waals surface area contributed by atoms with E-state index in [-0.39, 0.29) is 24.4 Å². The molecule has 110 valence electrons. The molecular weight excluding hydrogens is 242 g/mol. The van der Waals surface area contributed by atoms with Crippen molar-refractivity contribution in [3.05, 3.63) is 12.7 Å². The molecule has 0 aromatic rings. The van der Waals surface area contributed by atoms with Crippen molar-refractivity contribution >= 4 is 11.9 Å². The molecule has 0 aliphatic heterocycles. The van der Waals surface area contributed by atoms with Gasteiger partial charge in [-0.15, -0.1) is 0 Å². The number of hydrogen-bond donors (Lipinski definition) is 0. The summed E-state index contributed by atoms with van der Waals surface area (Å²) in [5, 5.41) is 0. The lowest BCUT2D eigenvalue weighted by molar-refractivity contribution is -0.148. The molecule has 0 bridgehead atoms. The number of esters is 1. The minimum absolute atomic E-state index is 0.111. The maximum atomic E-state index is 11.7. The molecule has 0 atom stereocenters. The Kier molecular flexibility index (Phi) is 9.85. The monoisotopic (exact) mass is 269 g/mol. The molecule has 1 amide bonds. The maximum Gasteiger partial charge on any atom is 0.307 e. The summed E-state index contributed by atoms with van der Waals surface area (Å²) in [5.74, 6) is -0.376. The van der Waals surface area contributed by atoms with Gasteiger partial charge in [0.05, 0.1) is 12.5 Å². The van der Waals surface area contributed by atoms with Gasteiger partial charge in [0.25, 0.3) is 0 Å². The minimum Gasteiger partial charge on any atom is -0.463 e. The van der Waals surface area contributed by atoms with Crippen molar-refractivity contribution in [3.8, 4) is 0 Å². The third kappa shape index (κ3) is 9.28. The molecule has 0 aromatic heterocycles. The summed E-state index contributed by atoms with van der Waals surface area (Å²) in [4.78, 5) is 24.8. The van der Waals surface area contributed by atoms with Gasteiger partial charge in [0.2, 0.25) is 5.91 Å². The van der Waals surface area contributed by atoms with Crippen LogP contribution in [-0.2, 0) is 14.3 Å². The van der Waals surface area contributed by atoms with E-state index in [9.17, 15) is 9.59 Å². The van der Waals surface area contributed by atoms with Crippen LogP contribution in [0.5, 0.6) is 0 Å². The van der Waals surface area contributed by atoms with Crippen LogP contribution in [0.4, 0.5) is 0 Å². The molecule has 0 spiro atoms. The summed E-state index contributed by atoms with van der Waals surface area (Å²) in [6.45, 7) is 10.4. The zero-order valence-corrected chi connectivity index (χ0v) is 12.5. The van der Waals surface area contributed by atoms with Gasteiger partial charge in [-0.1, -0.05) is 32.8 Å². The number of hydrogen-bond acceptors (Lipinski definition) is 3. The third-order valence-corrected chi connectivity index (χ3v) is 2.72. The molecule has 4 heteroatoms. The number of amides is 1. The van der Waals surface area contributed by atoms with E-state index >= 15 is 0 Å². The van der Waals surface area contributed by atoms with Crippen LogP contribution in [-0.4, -0.2) is 36.0 Å². The summed E-state index contributed by atoms with van der Waals surface area (Å²) < 4.78 is 5.05. The maximum absolute atomic E-state index is 11.7. The zero-order chi connectivity index (χ0) is 14.7. The lowest BCUT2D eigenvalue weighted by Gasteiger charge is -2.21. The van der Waals surface area contributed by atoms with Gasteiger partial charge in [0, 0.05) is 13.1 Å². The predicted molar refractivity (Wildman–Crippen MR) is 76.8 cm³/mol. The Hall–Kier alpha value is -1.32. The smallest absolute Gasteiger partial charge is 0.307 e. The van der Waals surface area contributed by atoms with E-state index in [1.807, 2.05) is 13.8 Å². The Morgan fingerprint density at radius 3 is 2.42 bits per heavy atom. The number of unbranched alkanes of at least 4 members (excludes halogenated alkanes) is 3. The van der Waals surface area contributed by atoms with Crippen LogP contribution in [0.15, 0.2) is 12.7 Å². The highest BCUT2D eigenvalue weighted by Crippen LogP contribution is 2.04. The molecule has 0 unspecified atom stereocenters. The Balaban J connectivity index is 4.09. The summed E-state index contributed by atoms with van der Waals surface area (Å²) in [6, 6.07) is 0. The zero-order valence-electron chi connectivity index (χ0n) is 12.5. The number of rotatable bonds is 10.